The van der Waals surface area contributed by atoms with Crippen LogP contribution >= 0.6 is 0 Å². The van der Waals surface area contributed by atoms with Crippen molar-refractivity contribution in [2.45, 2.75) is 20.3 Å². The zero-order valence-corrected chi connectivity index (χ0v) is 8.63. The van der Waals surface area contributed by atoms with E-state index in [1.807, 2.05) is 13.8 Å². The van der Waals surface area contributed by atoms with E-state index in [2.05, 4.69) is 4.74 Å². The minimum Gasteiger partial charge on any atom is -0.508 e. The van der Waals surface area contributed by atoms with E-state index in [-0.39, 0.29) is 18.1 Å². The first kappa shape index (κ1) is 10.6. The molecule has 0 saturated carbocycles. The molecule has 1 N–H and O–H groups in total. The molecule has 0 aromatic heterocycles. The first-order valence-corrected chi connectivity index (χ1v) is 4.40. The molecule has 0 aliphatic heterocycles. The second-order valence-corrected chi connectivity index (χ2v) is 3.31. The zero-order chi connectivity index (χ0) is 10.7. The third-order valence-corrected chi connectivity index (χ3v) is 2.23. The second-order valence-electron chi connectivity index (χ2n) is 3.31. The Kier molecular flexibility index (Phi) is 3.12. The SMILES string of the molecule is COC(=O)Cc1c(C)cc(O)cc1C. The van der Waals surface area contributed by atoms with Gasteiger partial charge in [-0.1, -0.05) is 0 Å². The topological polar surface area (TPSA) is 46.5 Å². The molecule has 0 atom stereocenters. The highest BCUT2D eigenvalue weighted by Gasteiger charge is 2.09. The lowest BCUT2D eigenvalue weighted by Gasteiger charge is -2.09. The van der Waals surface area contributed by atoms with Gasteiger partial charge in [-0.25, -0.2) is 0 Å². The molecule has 3 nitrogen and oxygen atoms in total. The minimum atomic E-state index is -0.262. The number of carbonyl (C=O) groups is 1. The molecule has 1 rings (SSSR count). The fourth-order valence-corrected chi connectivity index (χ4v) is 1.47. The lowest BCUT2D eigenvalue weighted by atomic mass is 10.00. The molecule has 0 aliphatic carbocycles. The molecular formula is C11H14O3. The lowest BCUT2D eigenvalue weighted by Crippen LogP contribution is -2.07. The van der Waals surface area contributed by atoms with Crippen molar-refractivity contribution in [3.63, 3.8) is 0 Å². The highest BCUT2D eigenvalue weighted by Crippen LogP contribution is 2.21. The molecule has 0 aliphatic rings. The molecule has 1 aromatic carbocycles. The molecule has 0 radical (unpaired) electrons. The van der Waals surface area contributed by atoms with Gasteiger partial charge >= 0.3 is 5.97 Å². The van der Waals surface area contributed by atoms with Gasteiger partial charge in [0.15, 0.2) is 0 Å². The molecular weight excluding hydrogens is 180 g/mol. The lowest BCUT2D eigenvalue weighted by molar-refractivity contribution is -0.139. The number of phenols is 1. The van der Waals surface area contributed by atoms with Crippen LogP contribution in [-0.2, 0) is 16.0 Å². The van der Waals surface area contributed by atoms with Gasteiger partial charge in [-0.2, -0.15) is 0 Å². The van der Waals surface area contributed by atoms with E-state index in [0.717, 1.165) is 16.7 Å². The summed E-state index contributed by atoms with van der Waals surface area (Å²) < 4.78 is 4.59. The van der Waals surface area contributed by atoms with Crippen molar-refractivity contribution in [3.8, 4) is 5.75 Å². The summed E-state index contributed by atoms with van der Waals surface area (Å²) in [5, 5.41) is 9.29. The maximum absolute atomic E-state index is 11.1. The average molecular weight is 194 g/mol. The van der Waals surface area contributed by atoms with Crippen LogP contribution < -0.4 is 0 Å². The number of hydrogen-bond acceptors (Lipinski definition) is 3. The van der Waals surface area contributed by atoms with Crippen molar-refractivity contribution in [2.75, 3.05) is 7.11 Å². The molecule has 0 spiro atoms. The van der Waals surface area contributed by atoms with Crippen LogP contribution in [0.1, 0.15) is 16.7 Å². The quantitative estimate of drug-likeness (QED) is 0.729. The maximum atomic E-state index is 11.1. The normalized spacial score (nSPS) is 9.93. The summed E-state index contributed by atoms with van der Waals surface area (Å²) >= 11 is 0. The third kappa shape index (κ3) is 2.25. The Morgan fingerprint density at radius 3 is 2.29 bits per heavy atom. The molecule has 0 amide bonds. The number of phenolic OH excluding ortho intramolecular Hbond substituents is 1. The molecule has 14 heavy (non-hydrogen) atoms. The van der Waals surface area contributed by atoms with E-state index in [0.29, 0.717) is 0 Å². The standard InChI is InChI=1S/C11H14O3/c1-7-4-9(12)5-8(2)10(7)6-11(13)14-3/h4-5,12H,6H2,1-3H3. The number of rotatable bonds is 2. The summed E-state index contributed by atoms with van der Waals surface area (Å²) in [7, 11) is 1.37. The Morgan fingerprint density at radius 1 is 1.36 bits per heavy atom. The van der Waals surface area contributed by atoms with Crippen LogP contribution in [0.15, 0.2) is 12.1 Å². The van der Waals surface area contributed by atoms with Gasteiger partial charge in [-0.15, -0.1) is 0 Å². The van der Waals surface area contributed by atoms with Crippen LogP contribution in [0.2, 0.25) is 0 Å². The van der Waals surface area contributed by atoms with Gasteiger partial charge in [0.05, 0.1) is 13.5 Å². The Balaban J connectivity index is 3.02. The number of ether oxygens (including phenoxy) is 1. The molecule has 0 saturated heterocycles. The molecule has 0 fully saturated rings. The van der Waals surface area contributed by atoms with E-state index in [9.17, 15) is 9.90 Å². The monoisotopic (exact) mass is 194 g/mol. The number of benzene rings is 1. The number of methoxy groups -OCH3 is 1. The number of aromatic hydroxyl groups is 1. The van der Waals surface area contributed by atoms with Gasteiger partial charge in [-0.05, 0) is 42.7 Å². The maximum Gasteiger partial charge on any atom is 0.309 e. The molecule has 0 bridgehead atoms. The van der Waals surface area contributed by atoms with Crippen LogP contribution in [0.5, 0.6) is 5.75 Å². The first-order valence-electron chi connectivity index (χ1n) is 4.40. The molecule has 0 unspecified atom stereocenters. The van der Waals surface area contributed by atoms with Gasteiger partial charge in [-0.3, -0.25) is 4.79 Å². The van der Waals surface area contributed by atoms with Crippen molar-refractivity contribution in [1.29, 1.82) is 0 Å². The summed E-state index contributed by atoms with van der Waals surface area (Å²) in [6.07, 6.45) is 0.258. The number of esters is 1. The van der Waals surface area contributed by atoms with Gasteiger partial charge < -0.3 is 9.84 Å². The van der Waals surface area contributed by atoms with E-state index in [4.69, 9.17) is 0 Å². The largest absolute Gasteiger partial charge is 0.508 e. The predicted molar refractivity (Wildman–Crippen MR) is 53.3 cm³/mol. The summed E-state index contributed by atoms with van der Waals surface area (Å²) in [5.74, 6) is -0.0319. The van der Waals surface area contributed by atoms with Crippen LogP contribution in [0.4, 0.5) is 0 Å². The third-order valence-electron chi connectivity index (χ3n) is 2.23. The smallest absolute Gasteiger partial charge is 0.309 e. The molecule has 1 aromatic rings. The van der Waals surface area contributed by atoms with Gasteiger partial charge in [0, 0.05) is 0 Å². The Hall–Kier alpha value is -1.51. The van der Waals surface area contributed by atoms with Gasteiger partial charge in [0.2, 0.25) is 0 Å². The molecule has 3 heteroatoms. The van der Waals surface area contributed by atoms with Gasteiger partial charge in [0.1, 0.15) is 5.75 Å². The Bertz CT molecular complexity index is 333. The summed E-state index contributed by atoms with van der Waals surface area (Å²) in [5.41, 5.74) is 2.75. The summed E-state index contributed by atoms with van der Waals surface area (Å²) in [6.45, 7) is 3.73. The summed E-state index contributed by atoms with van der Waals surface area (Å²) in [4.78, 5) is 11.1. The summed E-state index contributed by atoms with van der Waals surface area (Å²) in [6, 6.07) is 3.29. The number of aryl methyl sites for hydroxylation is 2. The molecule has 76 valence electrons. The number of hydrogen-bond donors (Lipinski definition) is 1. The Morgan fingerprint density at radius 2 is 1.86 bits per heavy atom. The van der Waals surface area contributed by atoms with Crippen molar-refractivity contribution in [1.82, 2.24) is 0 Å². The van der Waals surface area contributed by atoms with Gasteiger partial charge in [0.25, 0.3) is 0 Å². The van der Waals surface area contributed by atoms with E-state index < -0.39 is 0 Å². The van der Waals surface area contributed by atoms with Crippen molar-refractivity contribution < 1.29 is 14.6 Å². The van der Waals surface area contributed by atoms with Crippen LogP contribution in [-0.4, -0.2) is 18.2 Å². The first-order chi connectivity index (χ1) is 6.54. The van der Waals surface area contributed by atoms with Crippen LogP contribution in [0.3, 0.4) is 0 Å². The predicted octanol–water partition coefficient (Wildman–Crippen LogP) is 1.72. The van der Waals surface area contributed by atoms with E-state index in [1.54, 1.807) is 12.1 Å². The minimum absolute atomic E-state index is 0.230. The van der Waals surface area contributed by atoms with Crippen molar-refractivity contribution in [3.05, 3.63) is 28.8 Å². The highest BCUT2D eigenvalue weighted by molar-refractivity contribution is 5.73. The zero-order valence-electron chi connectivity index (χ0n) is 8.63. The highest BCUT2D eigenvalue weighted by atomic mass is 16.5. The molecule has 0 heterocycles. The fourth-order valence-electron chi connectivity index (χ4n) is 1.47. The van der Waals surface area contributed by atoms with Crippen LogP contribution in [0.25, 0.3) is 0 Å². The number of carbonyl (C=O) groups excluding carboxylic acids is 1. The Labute approximate surface area is 83.3 Å². The average Bonchev–Trinajstić information content (AvgIpc) is 2.10. The van der Waals surface area contributed by atoms with Crippen molar-refractivity contribution in [2.24, 2.45) is 0 Å². The fraction of sp³-hybridized carbons (Fsp3) is 0.364. The van der Waals surface area contributed by atoms with Crippen LogP contribution in [0, 0.1) is 13.8 Å². The van der Waals surface area contributed by atoms with Crippen molar-refractivity contribution >= 4 is 5.97 Å². The van der Waals surface area contributed by atoms with E-state index in [1.165, 1.54) is 7.11 Å². The van der Waals surface area contributed by atoms with E-state index >= 15 is 0 Å². The second kappa shape index (κ2) is 4.13.